The molecule has 2 aliphatic heterocycles. The van der Waals surface area contributed by atoms with Crippen molar-refractivity contribution in [2.45, 2.75) is 110 Å². The SMILES string of the molecule is COC(=O)[C@@H](CCC[C@@H](NC(=O)[C@@]12CC[C@@](C)(C(=O)O1)C2(C)C)C(=O)OC)NC(=O)[C@@]12CC[C@@](C)(C(=O)O1)C2(C)C. The lowest BCUT2D eigenvalue weighted by Gasteiger charge is -2.36. The molecule has 0 spiro atoms. The third-order valence-corrected chi connectivity index (χ3v) is 11.5. The molecule has 0 aromatic heterocycles. The highest BCUT2D eigenvalue weighted by molar-refractivity contribution is 5.99. The fourth-order valence-electron chi connectivity index (χ4n) is 7.35. The first-order valence-corrected chi connectivity index (χ1v) is 14.2. The summed E-state index contributed by atoms with van der Waals surface area (Å²) in [6, 6.07) is -2.16. The molecule has 0 aromatic carbocycles. The standard InChI is InChI=1S/C29H42N2O10/c1-24(2)26(5)12-14-28(24,40-22(26)36)20(34)30-16(18(32)38-7)10-9-11-17(19(33)39-8)31-21(35)29-15-13-27(6,23(37)41-29)25(29,3)4/h16-17H,9-15H2,1-8H3,(H,30,34)(H,31,35)/t16-,17-,26+,27+,28-,29-/m1/s1. The minimum atomic E-state index is -1.41. The summed E-state index contributed by atoms with van der Waals surface area (Å²) in [6.07, 6.45) is 2.01. The van der Waals surface area contributed by atoms with E-state index in [9.17, 15) is 28.8 Å². The summed E-state index contributed by atoms with van der Waals surface area (Å²) in [6.45, 7) is 10.8. The number of hydrogen-bond donors (Lipinski definition) is 2. The zero-order valence-corrected chi connectivity index (χ0v) is 25.2. The van der Waals surface area contributed by atoms with Crippen molar-refractivity contribution in [3.8, 4) is 0 Å². The molecular weight excluding hydrogens is 536 g/mol. The second kappa shape index (κ2) is 9.69. The Kier molecular flexibility index (Phi) is 7.27. The Morgan fingerprint density at radius 3 is 1.27 bits per heavy atom. The Hall–Kier alpha value is -3.18. The number of methoxy groups -OCH3 is 2. The summed E-state index contributed by atoms with van der Waals surface area (Å²) in [5, 5.41) is 5.43. The summed E-state index contributed by atoms with van der Waals surface area (Å²) in [5.41, 5.74) is -6.03. The van der Waals surface area contributed by atoms with Crippen molar-refractivity contribution in [2.75, 3.05) is 14.2 Å². The first kappa shape index (κ1) is 30.8. The highest BCUT2D eigenvalue weighted by Gasteiger charge is 2.77. The molecule has 0 aromatic rings. The summed E-state index contributed by atoms with van der Waals surface area (Å²) in [4.78, 5) is 77.5. The number of carbonyl (C=O) groups is 6. The number of hydrogen-bond acceptors (Lipinski definition) is 10. The van der Waals surface area contributed by atoms with Gasteiger partial charge in [0.25, 0.3) is 11.8 Å². The van der Waals surface area contributed by atoms with Crippen LogP contribution in [0.1, 0.15) is 86.5 Å². The average Bonchev–Trinajstić information content (AvgIpc) is 3.38. The molecule has 4 fully saturated rings. The monoisotopic (exact) mass is 578 g/mol. The van der Waals surface area contributed by atoms with E-state index in [4.69, 9.17) is 18.9 Å². The van der Waals surface area contributed by atoms with Crippen LogP contribution in [0.15, 0.2) is 0 Å². The largest absolute Gasteiger partial charge is 0.467 e. The molecule has 41 heavy (non-hydrogen) atoms. The van der Waals surface area contributed by atoms with Crippen molar-refractivity contribution >= 4 is 35.7 Å². The van der Waals surface area contributed by atoms with Gasteiger partial charge in [-0.1, -0.05) is 27.7 Å². The topological polar surface area (TPSA) is 163 Å². The van der Waals surface area contributed by atoms with Crippen LogP contribution in [0.4, 0.5) is 0 Å². The second-order valence-electron chi connectivity index (χ2n) is 13.4. The first-order chi connectivity index (χ1) is 18.9. The molecule has 12 heteroatoms. The zero-order valence-electron chi connectivity index (χ0n) is 25.2. The van der Waals surface area contributed by atoms with Crippen LogP contribution in [0.3, 0.4) is 0 Å². The molecule has 4 bridgehead atoms. The lowest BCUT2D eigenvalue weighted by molar-refractivity contribution is -0.169. The predicted molar refractivity (Wildman–Crippen MR) is 142 cm³/mol. The molecular formula is C29H42N2O10. The summed E-state index contributed by atoms with van der Waals surface area (Å²) in [7, 11) is 2.39. The van der Waals surface area contributed by atoms with Crippen LogP contribution in [0, 0.1) is 21.7 Å². The maximum atomic E-state index is 13.5. The molecule has 0 unspecified atom stereocenters. The Balaban J connectivity index is 1.44. The minimum Gasteiger partial charge on any atom is -0.467 e. The van der Waals surface area contributed by atoms with E-state index in [1.807, 2.05) is 27.7 Å². The predicted octanol–water partition coefficient (Wildman–Crippen LogP) is 1.72. The molecule has 228 valence electrons. The molecule has 2 saturated heterocycles. The molecule has 2 aliphatic carbocycles. The highest BCUT2D eigenvalue weighted by atomic mass is 16.6. The van der Waals surface area contributed by atoms with Gasteiger partial charge in [-0.25, -0.2) is 9.59 Å². The molecule has 12 nitrogen and oxygen atoms in total. The zero-order chi connectivity index (χ0) is 30.8. The maximum Gasteiger partial charge on any atom is 0.328 e. The van der Waals surface area contributed by atoms with E-state index in [2.05, 4.69) is 10.6 Å². The fourth-order valence-corrected chi connectivity index (χ4v) is 7.35. The summed E-state index contributed by atoms with van der Waals surface area (Å²) >= 11 is 0. The van der Waals surface area contributed by atoms with Gasteiger partial charge in [-0.2, -0.15) is 0 Å². The van der Waals surface area contributed by atoms with Gasteiger partial charge in [-0.05, 0) is 58.8 Å². The van der Waals surface area contributed by atoms with E-state index in [0.29, 0.717) is 25.7 Å². The smallest absolute Gasteiger partial charge is 0.328 e. The molecule has 2 heterocycles. The van der Waals surface area contributed by atoms with Gasteiger partial charge in [0.05, 0.1) is 25.0 Å². The molecule has 4 rings (SSSR count). The van der Waals surface area contributed by atoms with Gasteiger partial charge in [-0.15, -0.1) is 0 Å². The highest BCUT2D eigenvalue weighted by Crippen LogP contribution is 2.66. The van der Waals surface area contributed by atoms with E-state index in [1.165, 1.54) is 14.2 Å². The van der Waals surface area contributed by atoms with Crippen molar-refractivity contribution in [2.24, 2.45) is 21.7 Å². The van der Waals surface area contributed by atoms with Crippen LogP contribution in [0.25, 0.3) is 0 Å². The van der Waals surface area contributed by atoms with E-state index in [-0.39, 0.29) is 19.3 Å². The van der Waals surface area contributed by atoms with Crippen LogP contribution in [0.2, 0.25) is 0 Å². The first-order valence-electron chi connectivity index (χ1n) is 14.2. The number of ether oxygens (including phenoxy) is 4. The number of rotatable bonds is 10. The Labute approximate surface area is 239 Å². The van der Waals surface area contributed by atoms with Crippen LogP contribution < -0.4 is 10.6 Å². The fraction of sp³-hybridized carbons (Fsp3) is 0.793. The van der Waals surface area contributed by atoms with Crippen LogP contribution in [0.5, 0.6) is 0 Å². The van der Waals surface area contributed by atoms with Crippen molar-refractivity contribution in [3.63, 3.8) is 0 Å². The number of nitrogens with one attached hydrogen (secondary N) is 2. The van der Waals surface area contributed by atoms with Crippen molar-refractivity contribution in [3.05, 3.63) is 0 Å². The van der Waals surface area contributed by atoms with Crippen LogP contribution in [-0.4, -0.2) is 73.2 Å². The summed E-state index contributed by atoms with van der Waals surface area (Å²) < 4.78 is 21.1. The van der Waals surface area contributed by atoms with E-state index in [0.717, 1.165) is 0 Å². The molecule has 6 atom stereocenters. The third kappa shape index (κ3) is 3.91. The van der Waals surface area contributed by atoms with E-state index in [1.54, 1.807) is 13.8 Å². The van der Waals surface area contributed by atoms with Crippen LogP contribution in [-0.2, 0) is 47.7 Å². The Morgan fingerprint density at radius 1 is 0.683 bits per heavy atom. The van der Waals surface area contributed by atoms with Gasteiger partial charge in [0.1, 0.15) is 12.1 Å². The van der Waals surface area contributed by atoms with Gasteiger partial charge in [0.2, 0.25) is 0 Å². The lowest BCUT2D eigenvalue weighted by Crippen LogP contribution is -2.57. The summed E-state index contributed by atoms with van der Waals surface area (Å²) in [5.74, 6) is -3.40. The number of amides is 2. The van der Waals surface area contributed by atoms with Gasteiger partial charge in [0.15, 0.2) is 11.2 Å². The number of carbonyl (C=O) groups excluding carboxylic acids is 6. The third-order valence-electron chi connectivity index (χ3n) is 11.5. The minimum absolute atomic E-state index is 0.0766. The molecule has 4 aliphatic rings. The molecule has 2 N–H and O–H groups in total. The quantitative estimate of drug-likeness (QED) is 0.288. The van der Waals surface area contributed by atoms with Crippen LogP contribution >= 0.6 is 0 Å². The van der Waals surface area contributed by atoms with Crippen molar-refractivity contribution < 1.29 is 47.7 Å². The van der Waals surface area contributed by atoms with Gasteiger partial charge in [-0.3, -0.25) is 19.2 Å². The van der Waals surface area contributed by atoms with Gasteiger partial charge >= 0.3 is 23.9 Å². The van der Waals surface area contributed by atoms with Gasteiger partial charge < -0.3 is 29.6 Å². The van der Waals surface area contributed by atoms with E-state index >= 15 is 0 Å². The molecule has 2 saturated carbocycles. The molecule has 2 amide bonds. The van der Waals surface area contributed by atoms with Crippen molar-refractivity contribution in [1.82, 2.24) is 10.6 Å². The van der Waals surface area contributed by atoms with Crippen molar-refractivity contribution in [1.29, 1.82) is 0 Å². The average molecular weight is 579 g/mol. The Bertz CT molecular complexity index is 1110. The van der Waals surface area contributed by atoms with Gasteiger partial charge in [0, 0.05) is 10.8 Å². The lowest BCUT2D eigenvalue weighted by atomic mass is 9.66. The number of esters is 4. The number of fused-ring (bicyclic) bond motifs is 4. The normalized spacial score (nSPS) is 35.2. The Morgan fingerprint density at radius 2 is 1.02 bits per heavy atom. The second-order valence-corrected chi connectivity index (χ2v) is 13.4. The molecule has 0 radical (unpaired) electrons. The van der Waals surface area contributed by atoms with E-state index < -0.39 is 80.6 Å². The maximum absolute atomic E-state index is 13.5.